The number of nitrogens with zero attached hydrogens (tertiary/aromatic N) is 2. The van der Waals surface area contributed by atoms with E-state index in [1.807, 2.05) is 30.5 Å². The molecule has 0 unspecified atom stereocenters. The first kappa shape index (κ1) is 17.6. The molecule has 0 saturated heterocycles. The van der Waals surface area contributed by atoms with Crippen molar-refractivity contribution in [2.75, 3.05) is 5.32 Å². The minimum Gasteiger partial charge on any atom is -0.356 e. The van der Waals surface area contributed by atoms with Crippen LogP contribution in [-0.2, 0) is 0 Å². The first-order chi connectivity index (χ1) is 15.4. The molecule has 1 heterocycles. The molecule has 1 N–H and O–H groups in total. The fraction of sp³-hybridized carbons (Fsp3) is 0. The summed E-state index contributed by atoms with van der Waals surface area (Å²) in [6, 6.07) is 35.3. The molecule has 6 aromatic rings. The maximum Gasteiger partial charge on any atom is 0.0979 e. The molecule has 0 saturated carbocycles. The van der Waals surface area contributed by atoms with Gasteiger partial charge >= 0.3 is 0 Å². The summed E-state index contributed by atoms with van der Waals surface area (Å²) in [5.74, 6) is 0. The monoisotopic (exact) mass is 397 g/mol. The molecule has 31 heavy (non-hydrogen) atoms. The van der Waals surface area contributed by atoms with Crippen LogP contribution in [0.2, 0.25) is 0 Å². The van der Waals surface area contributed by atoms with E-state index in [-0.39, 0.29) is 0 Å². The highest BCUT2D eigenvalue weighted by Gasteiger charge is 2.12. The predicted molar refractivity (Wildman–Crippen MR) is 130 cm³/mol. The van der Waals surface area contributed by atoms with E-state index in [4.69, 9.17) is 9.97 Å². The molecule has 3 nitrogen and oxygen atoms in total. The van der Waals surface area contributed by atoms with Crippen LogP contribution in [-0.4, -0.2) is 9.97 Å². The Labute approximate surface area is 180 Å². The Balaban J connectivity index is 1.53. The third kappa shape index (κ3) is 3.08. The van der Waals surface area contributed by atoms with Crippen molar-refractivity contribution in [1.82, 2.24) is 9.97 Å². The van der Waals surface area contributed by atoms with Crippen molar-refractivity contribution in [3.63, 3.8) is 0 Å². The number of aromatic nitrogens is 2. The second kappa shape index (κ2) is 7.22. The highest BCUT2D eigenvalue weighted by atomic mass is 14.9. The second-order valence-electron chi connectivity index (χ2n) is 7.62. The fourth-order valence-corrected chi connectivity index (χ4v) is 4.21. The molecular weight excluding hydrogens is 378 g/mol. The number of rotatable bonds is 3. The molecule has 0 bridgehead atoms. The molecule has 0 fully saturated rings. The Morgan fingerprint density at radius 1 is 0.516 bits per heavy atom. The van der Waals surface area contributed by atoms with Gasteiger partial charge in [0.2, 0.25) is 0 Å². The number of para-hydroxylation sites is 1. The van der Waals surface area contributed by atoms with Crippen molar-refractivity contribution < 1.29 is 0 Å². The smallest absolute Gasteiger partial charge is 0.0979 e. The molecule has 3 heteroatoms. The van der Waals surface area contributed by atoms with Gasteiger partial charge in [0.1, 0.15) is 0 Å². The molecule has 0 amide bonds. The van der Waals surface area contributed by atoms with Crippen molar-refractivity contribution in [2.45, 2.75) is 0 Å². The lowest BCUT2D eigenvalue weighted by atomic mass is 9.99. The third-order valence-electron chi connectivity index (χ3n) is 5.65. The zero-order chi connectivity index (χ0) is 20.6. The molecule has 6 rings (SSSR count). The van der Waals surface area contributed by atoms with Gasteiger partial charge in [0.25, 0.3) is 0 Å². The Morgan fingerprint density at radius 2 is 1.13 bits per heavy atom. The summed E-state index contributed by atoms with van der Waals surface area (Å²) in [5, 5.41) is 8.13. The number of anilines is 2. The van der Waals surface area contributed by atoms with Crippen LogP contribution in [0, 0.1) is 0 Å². The van der Waals surface area contributed by atoms with Crippen LogP contribution in [0.1, 0.15) is 0 Å². The van der Waals surface area contributed by atoms with E-state index in [0.29, 0.717) is 0 Å². The topological polar surface area (TPSA) is 37.8 Å². The van der Waals surface area contributed by atoms with Crippen LogP contribution in [0.15, 0.2) is 109 Å². The van der Waals surface area contributed by atoms with Gasteiger partial charge in [0.15, 0.2) is 0 Å². The minimum atomic E-state index is 0.865. The first-order valence-corrected chi connectivity index (χ1v) is 10.4. The summed E-state index contributed by atoms with van der Waals surface area (Å²) < 4.78 is 0. The van der Waals surface area contributed by atoms with Gasteiger partial charge in [-0.05, 0) is 35.0 Å². The van der Waals surface area contributed by atoms with Gasteiger partial charge in [-0.3, -0.25) is 4.98 Å². The van der Waals surface area contributed by atoms with Gasteiger partial charge in [0.05, 0.1) is 22.9 Å². The van der Waals surface area contributed by atoms with Gasteiger partial charge in [0, 0.05) is 27.7 Å². The van der Waals surface area contributed by atoms with Crippen LogP contribution in [0.25, 0.3) is 43.8 Å². The summed E-state index contributed by atoms with van der Waals surface area (Å²) >= 11 is 0. The third-order valence-corrected chi connectivity index (χ3v) is 5.65. The summed E-state index contributed by atoms with van der Waals surface area (Å²) in [4.78, 5) is 9.95. The minimum absolute atomic E-state index is 0.865. The first-order valence-electron chi connectivity index (χ1n) is 10.4. The number of hydrogen-bond acceptors (Lipinski definition) is 3. The van der Waals surface area contributed by atoms with Crippen LogP contribution >= 0.6 is 0 Å². The Hall–Kier alpha value is -4.24. The van der Waals surface area contributed by atoms with Crippen LogP contribution in [0.3, 0.4) is 0 Å². The van der Waals surface area contributed by atoms with Crippen molar-refractivity contribution in [3.8, 4) is 11.3 Å². The molecule has 0 aliphatic rings. The molecule has 0 spiro atoms. The van der Waals surface area contributed by atoms with Crippen molar-refractivity contribution >= 4 is 44.0 Å². The molecule has 1 aromatic heterocycles. The average Bonchev–Trinajstić information content (AvgIpc) is 2.85. The lowest BCUT2D eigenvalue weighted by Gasteiger charge is -2.11. The lowest BCUT2D eigenvalue weighted by Crippen LogP contribution is -1.93. The highest BCUT2D eigenvalue weighted by Crippen LogP contribution is 2.34. The lowest BCUT2D eigenvalue weighted by molar-refractivity contribution is 1.31. The van der Waals surface area contributed by atoms with Crippen LogP contribution < -0.4 is 5.32 Å². The molecule has 0 aliphatic carbocycles. The largest absolute Gasteiger partial charge is 0.356 e. The molecule has 0 atom stereocenters. The van der Waals surface area contributed by atoms with E-state index in [1.165, 1.54) is 10.8 Å². The maximum atomic E-state index is 5.08. The van der Waals surface area contributed by atoms with Gasteiger partial charge < -0.3 is 5.32 Å². The number of nitrogens with one attached hydrogen (secondary N) is 1. The summed E-state index contributed by atoms with van der Waals surface area (Å²) in [5.41, 5.74) is 5.86. The Morgan fingerprint density at radius 3 is 1.87 bits per heavy atom. The van der Waals surface area contributed by atoms with Gasteiger partial charge in [-0.1, -0.05) is 78.9 Å². The summed E-state index contributed by atoms with van der Waals surface area (Å²) in [7, 11) is 0. The van der Waals surface area contributed by atoms with Crippen LogP contribution in [0.5, 0.6) is 0 Å². The molecule has 0 aliphatic heterocycles. The average molecular weight is 397 g/mol. The van der Waals surface area contributed by atoms with Crippen molar-refractivity contribution in [2.24, 2.45) is 0 Å². The normalized spacial score (nSPS) is 11.2. The zero-order valence-corrected chi connectivity index (χ0v) is 16.8. The zero-order valence-electron chi connectivity index (χ0n) is 16.8. The van der Waals surface area contributed by atoms with Crippen molar-refractivity contribution in [3.05, 3.63) is 109 Å². The van der Waals surface area contributed by atoms with Gasteiger partial charge in [-0.25, -0.2) is 4.98 Å². The number of hydrogen-bond donors (Lipinski definition) is 1. The second-order valence-corrected chi connectivity index (χ2v) is 7.62. The Bertz CT molecular complexity index is 1520. The summed E-state index contributed by atoms with van der Waals surface area (Å²) in [6.07, 6.45) is 1.88. The highest BCUT2D eigenvalue weighted by molar-refractivity contribution is 6.23. The van der Waals surface area contributed by atoms with E-state index in [9.17, 15) is 0 Å². The van der Waals surface area contributed by atoms with E-state index < -0.39 is 0 Å². The molecular formula is C28H19N3. The van der Waals surface area contributed by atoms with Gasteiger partial charge in [-0.15, -0.1) is 0 Å². The predicted octanol–water partition coefficient (Wildman–Crippen LogP) is 7.35. The maximum absolute atomic E-state index is 5.08. The quantitative estimate of drug-likeness (QED) is 0.317. The van der Waals surface area contributed by atoms with E-state index in [0.717, 1.165) is 44.4 Å². The van der Waals surface area contributed by atoms with Gasteiger partial charge in [-0.2, -0.15) is 0 Å². The SMILES string of the molecule is c1ccc(Nc2cccc(-c3cnc4c5ccccc5c5ccccc5c4n3)c2)cc1. The van der Waals surface area contributed by atoms with Crippen molar-refractivity contribution in [1.29, 1.82) is 0 Å². The van der Waals surface area contributed by atoms with E-state index in [2.05, 4.69) is 84.2 Å². The molecule has 0 radical (unpaired) electrons. The fourth-order valence-electron chi connectivity index (χ4n) is 4.21. The van der Waals surface area contributed by atoms with E-state index in [1.54, 1.807) is 0 Å². The number of benzene rings is 5. The van der Waals surface area contributed by atoms with E-state index >= 15 is 0 Å². The summed E-state index contributed by atoms with van der Waals surface area (Å²) in [6.45, 7) is 0. The van der Waals surface area contributed by atoms with Crippen LogP contribution in [0.4, 0.5) is 11.4 Å². The molecule has 5 aromatic carbocycles. The Kier molecular flexibility index (Phi) is 4.10. The number of fused-ring (bicyclic) bond motifs is 6. The standard InChI is InChI=1S/C28H19N3/c1-2-10-20(11-3-1)30-21-12-8-9-19(17-21)26-18-29-27-24-15-6-4-13-22(24)23-14-5-7-16-25(23)28(27)31-26/h1-18,30H. The molecule has 146 valence electrons.